The number of hydrogen-bond donors (Lipinski definition) is 1. The van der Waals surface area contributed by atoms with Crippen molar-refractivity contribution in [3.63, 3.8) is 0 Å². The zero-order valence-corrected chi connectivity index (χ0v) is 14.1. The Kier molecular flexibility index (Phi) is 5.49. The largest absolute Gasteiger partial charge is 0.497 e. The number of rotatable bonds is 6. The molecule has 2 aromatic rings. The molecule has 0 saturated carbocycles. The molecule has 0 radical (unpaired) electrons. The fraction of sp³-hybridized carbons (Fsp3) is 0.350. The summed E-state index contributed by atoms with van der Waals surface area (Å²) in [7, 11) is 1.65. The van der Waals surface area contributed by atoms with Crippen molar-refractivity contribution in [3.05, 3.63) is 65.7 Å². The highest BCUT2D eigenvalue weighted by Crippen LogP contribution is 2.31. The SMILES string of the molecule is COc1ccc(CNC(=O)CN2CCCC2c2ccccc2)cc1. The van der Waals surface area contributed by atoms with Gasteiger partial charge in [-0.25, -0.2) is 0 Å². The van der Waals surface area contributed by atoms with E-state index < -0.39 is 0 Å². The lowest BCUT2D eigenvalue weighted by Crippen LogP contribution is -2.36. The molecule has 1 unspecified atom stereocenters. The molecule has 126 valence electrons. The predicted molar refractivity (Wildman–Crippen MR) is 94.8 cm³/mol. The highest BCUT2D eigenvalue weighted by molar-refractivity contribution is 5.78. The van der Waals surface area contributed by atoms with E-state index in [-0.39, 0.29) is 5.91 Å². The minimum atomic E-state index is 0.0775. The van der Waals surface area contributed by atoms with Crippen LogP contribution in [0.3, 0.4) is 0 Å². The van der Waals surface area contributed by atoms with E-state index in [1.54, 1.807) is 7.11 Å². The van der Waals surface area contributed by atoms with Crippen molar-refractivity contribution in [1.82, 2.24) is 10.2 Å². The van der Waals surface area contributed by atoms with Crippen LogP contribution in [0.4, 0.5) is 0 Å². The third-order valence-corrected chi connectivity index (χ3v) is 4.54. The van der Waals surface area contributed by atoms with Crippen molar-refractivity contribution in [2.45, 2.75) is 25.4 Å². The molecular formula is C20H24N2O2. The molecule has 0 aliphatic carbocycles. The smallest absolute Gasteiger partial charge is 0.234 e. The molecule has 1 N–H and O–H groups in total. The number of nitrogens with one attached hydrogen (secondary N) is 1. The average Bonchev–Trinajstić information content (AvgIpc) is 3.09. The zero-order chi connectivity index (χ0) is 16.8. The van der Waals surface area contributed by atoms with E-state index in [4.69, 9.17) is 4.74 Å². The number of carbonyl (C=O) groups excluding carboxylic acids is 1. The lowest BCUT2D eigenvalue weighted by molar-refractivity contribution is -0.122. The molecule has 1 atom stereocenters. The second-order valence-corrected chi connectivity index (χ2v) is 6.16. The van der Waals surface area contributed by atoms with Gasteiger partial charge in [-0.2, -0.15) is 0 Å². The maximum atomic E-state index is 12.3. The average molecular weight is 324 g/mol. The summed E-state index contributed by atoms with van der Waals surface area (Å²) < 4.78 is 5.14. The lowest BCUT2D eigenvalue weighted by atomic mass is 10.0. The Morgan fingerprint density at radius 3 is 2.62 bits per heavy atom. The van der Waals surface area contributed by atoms with Crippen molar-refractivity contribution < 1.29 is 9.53 Å². The number of benzene rings is 2. The van der Waals surface area contributed by atoms with Crippen molar-refractivity contribution in [3.8, 4) is 5.75 Å². The topological polar surface area (TPSA) is 41.6 Å². The highest BCUT2D eigenvalue weighted by atomic mass is 16.5. The summed E-state index contributed by atoms with van der Waals surface area (Å²) in [6, 6.07) is 18.6. The second-order valence-electron chi connectivity index (χ2n) is 6.16. The molecule has 0 bridgehead atoms. The number of amides is 1. The normalized spacial score (nSPS) is 17.6. The van der Waals surface area contributed by atoms with Crippen LogP contribution in [0, 0.1) is 0 Å². The van der Waals surface area contributed by atoms with E-state index >= 15 is 0 Å². The summed E-state index contributed by atoms with van der Waals surface area (Å²) in [5.74, 6) is 0.904. The number of methoxy groups -OCH3 is 1. The quantitative estimate of drug-likeness (QED) is 0.887. The molecule has 0 spiro atoms. The van der Waals surface area contributed by atoms with Crippen molar-refractivity contribution in [2.24, 2.45) is 0 Å². The van der Waals surface area contributed by atoms with E-state index in [0.29, 0.717) is 19.1 Å². The van der Waals surface area contributed by atoms with Crippen LogP contribution in [-0.2, 0) is 11.3 Å². The Morgan fingerprint density at radius 2 is 1.92 bits per heavy atom. The predicted octanol–water partition coefficient (Wildman–Crippen LogP) is 3.15. The van der Waals surface area contributed by atoms with Crippen molar-refractivity contribution >= 4 is 5.91 Å². The summed E-state index contributed by atoms with van der Waals surface area (Å²) in [6.07, 6.45) is 2.26. The monoisotopic (exact) mass is 324 g/mol. The molecular weight excluding hydrogens is 300 g/mol. The number of nitrogens with zero attached hydrogens (tertiary/aromatic N) is 1. The van der Waals surface area contributed by atoms with Gasteiger partial charge in [0.15, 0.2) is 0 Å². The van der Waals surface area contributed by atoms with Crippen LogP contribution >= 0.6 is 0 Å². The van der Waals surface area contributed by atoms with Gasteiger partial charge in [0.2, 0.25) is 5.91 Å². The number of carbonyl (C=O) groups is 1. The first-order chi connectivity index (χ1) is 11.8. The minimum Gasteiger partial charge on any atom is -0.497 e. The highest BCUT2D eigenvalue weighted by Gasteiger charge is 2.27. The number of ether oxygens (including phenoxy) is 1. The van der Waals surface area contributed by atoms with E-state index in [2.05, 4.69) is 34.5 Å². The third kappa shape index (κ3) is 4.15. The summed E-state index contributed by atoms with van der Waals surface area (Å²) in [4.78, 5) is 14.6. The molecule has 1 fully saturated rings. The molecule has 1 amide bonds. The molecule has 1 heterocycles. The van der Waals surface area contributed by atoms with Crippen molar-refractivity contribution in [1.29, 1.82) is 0 Å². The van der Waals surface area contributed by atoms with Gasteiger partial charge in [-0.1, -0.05) is 42.5 Å². The first-order valence-corrected chi connectivity index (χ1v) is 8.45. The van der Waals surface area contributed by atoms with Gasteiger partial charge in [0.05, 0.1) is 13.7 Å². The minimum absolute atomic E-state index is 0.0775. The van der Waals surface area contributed by atoms with Gasteiger partial charge in [-0.15, -0.1) is 0 Å². The molecule has 1 aliphatic heterocycles. The molecule has 4 nitrogen and oxygen atoms in total. The van der Waals surface area contributed by atoms with Gasteiger partial charge in [0.1, 0.15) is 5.75 Å². The molecule has 1 saturated heterocycles. The fourth-order valence-electron chi connectivity index (χ4n) is 3.25. The van der Waals surface area contributed by atoms with Gasteiger partial charge in [-0.3, -0.25) is 9.69 Å². The zero-order valence-electron chi connectivity index (χ0n) is 14.1. The number of hydrogen-bond acceptors (Lipinski definition) is 3. The van der Waals surface area contributed by atoms with Gasteiger partial charge >= 0.3 is 0 Å². The van der Waals surface area contributed by atoms with E-state index in [1.165, 1.54) is 5.56 Å². The first-order valence-electron chi connectivity index (χ1n) is 8.45. The van der Waals surface area contributed by atoms with Crippen LogP contribution in [0.15, 0.2) is 54.6 Å². The van der Waals surface area contributed by atoms with E-state index in [1.807, 2.05) is 30.3 Å². The summed E-state index contributed by atoms with van der Waals surface area (Å²) in [6.45, 7) is 1.98. The van der Waals surface area contributed by atoms with E-state index in [0.717, 1.165) is 30.7 Å². The Labute approximate surface area is 143 Å². The van der Waals surface area contributed by atoms with Gasteiger partial charge in [0, 0.05) is 12.6 Å². The van der Waals surface area contributed by atoms with Crippen LogP contribution < -0.4 is 10.1 Å². The maximum absolute atomic E-state index is 12.3. The molecule has 1 aliphatic rings. The third-order valence-electron chi connectivity index (χ3n) is 4.54. The van der Waals surface area contributed by atoms with Crippen molar-refractivity contribution in [2.75, 3.05) is 20.2 Å². The Morgan fingerprint density at radius 1 is 1.17 bits per heavy atom. The Balaban J connectivity index is 1.52. The van der Waals surface area contributed by atoms with Crippen LogP contribution in [-0.4, -0.2) is 31.0 Å². The summed E-state index contributed by atoms with van der Waals surface area (Å²) in [5.41, 5.74) is 2.38. The van der Waals surface area contributed by atoms with Crippen LogP contribution in [0.2, 0.25) is 0 Å². The van der Waals surface area contributed by atoms with Crippen LogP contribution in [0.25, 0.3) is 0 Å². The Hall–Kier alpha value is -2.33. The standard InChI is InChI=1S/C20H24N2O2/c1-24-18-11-9-16(10-12-18)14-21-20(23)15-22-13-5-8-19(22)17-6-3-2-4-7-17/h2-4,6-7,9-12,19H,5,8,13-15H2,1H3,(H,21,23). The van der Waals surface area contributed by atoms with Gasteiger partial charge in [-0.05, 0) is 42.6 Å². The number of likely N-dealkylation sites (tertiary alicyclic amines) is 1. The molecule has 4 heteroatoms. The first kappa shape index (κ1) is 16.5. The van der Waals surface area contributed by atoms with Gasteiger partial charge < -0.3 is 10.1 Å². The summed E-state index contributed by atoms with van der Waals surface area (Å²) >= 11 is 0. The summed E-state index contributed by atoms with van der Waals surface area (Å²) in [5, 5.41) is 3.01. The van der Waals surface area contributed by atoms with Crippen LogP contribution in [0.5, 0.6) is 5.75 Å². The molecule has 0 aromatic heterocycles. The van der Waals surface area contributed by atoms with Gasteiger partial charge in [0.25, 0.3) is 0 Å². The Bertz CT molecular complexity index is 655. The van der Waals surface area contributed by atoms with E-state index in [9.17, 15) is 4.79 Å². The molecule has 2 aromatic carbocycles. The second kappa shape index (κ2) is 7.97. The lowest BCUT2D eigenvalue weighted by Gasteiger charge is -2.24. The fourth-order valence-corrected chi connectivity index (χ4v) is 3.25. The molecule has 3 rings (SSSR count). The maximum Gasteiger partial charge on any atom is 0.234 e. The van der Waals surface area contributed by atoms with Crippen LogP contribution in [0.1, 0.15) is 30.0 Å². The molecule has 24 heavy (non-hydrogen) atoms.